The molecule has 1 atom stereocenters. The van der Waals surface area contributed by atoms with Crippen LogP contribution in [0.1, 0.15) is 67.2 Å². The Labute approximate surface area is 147 Å². The van der Waals surface area contributed by atoms with Crippen LogP contribution in [-0.4, -0.2) is 17.3 Å². The summed E-state index contributed by atoms with van der Waals surface area (Å²) in [5.74, 6) is -0.241. The second-order valence-electron chi connectivity index (χ2n) is 8.37. The van der Waals surface area contributed by atoms with Crippen molar-refractivity contribution in [1.82, 2.24) is 0 Å². The Balaban J connectivity index is 1.97. The predicted molar refractivity (Wildman–Crippen MR) is 95.6 cm³/mol. The molecule has 1 aromatic carbocycles. The average Bonchev–Trinajstić information content (AvgIpc) is 2.57. The number of carbonyl (C=O) groups excluding carboxylic acids is 3. The van der Waals surface area contributed by atoms with Crippen LogP contribution in [0.4, 0.5) is 0 Å². The molecule has 25 heavy (non-hydrogen) atoms. The van der Waals surface area contributed by atoms with Gasteiger partial charge in [0.25, 0.3) is 0 Å². The lowest BCUT2D eigenvalue weighted by molar-refractivity contribution is -0.116. The zero-order valence-corrected chi connectivity index (χ0v) is 14.9. The Bertz CT molecular complexity index is 890. The third-order valence-corrected chi connectivity index (χ3v) is 5.66. The molecule has 0 saturated heterocycles. The number of rotatable bonds is 0. The number of allylic oxidation sites excluding steroid dienone is 4. The van der Waals surface area contributed by atoms with Gasteiger partial charge in [-0.3, -0.25) is 14.4 Å². The van der Waals surface area contributed by atoms with Crippen LogP contribution in [-0.2, 0) is 4.79 Å². The van der Waals surface area contributed by atoms with E-state index in [1.54, 1.807) is 24.3 Å². The zero-order valence-electron chi connectivity index (χ0n) is 14.9. The molecule has 0 bridgehead atoms. The lowest BCUT2D eigenvalue weighted by Crippen LogP contribution is -2.39. The van der Waals surface area contributed by atoms with Gasteiger partial charge in [0, 0.05) is 40.2 Å². The average molecular weight is 334 g/mol. The van der Waals surface area contributed by atoms with E-state index >= 15 is 0 Å². The number of carbonyl (C=O) groups is 3. The minimum Gasteiger partial charge on any atom is -0.295 e. The first kappa shape index (κ1) is 16.2. The van der Waals surface area contributed by atoms with Crippen LogP contribution in [0.3, 0.4) is 0 Å². The third-order valence-electron chi connectivity index (χ3n) is 5.66. The molecule has 0 fully saturated rings. The quantitative estimate of drug-likeness (QED) is 0.703. The van der Waals surface area contributed by atoms with Crippen molar-refractivity contribution in [2.75, 3.05) is 0 Å². The molecule has 0 heterocycles. The van der Waals surface area contributed by atoms with Gasteiger partial charge in [-0.25, -0.2) is 0 Å². The van der Waals surface area contributed by atoms with E-state index in [4.69, 9.17) is 0 Å². The predicted octanol–water partition coefficient (Wildman–Crippen LogP) is 4.48. The molecular formula is C22H22O3. The summed E-state index contributed by atoms with van der Waals surface area (Å²) < 4.78 is 0. The van der Waals surface area contributed by atoms with Gasteiger partial charge >= 0.3 is 0 Å². The number of ketones is 3. The van der Waals surface area contributed by atoms with Gasteiger partial charge in [0.05, 0.1) is 0 Å². The summed E-state index contributed by atoms with van der Waals surface area (Å²) in [6, 6.07) is 7.06. The topological polar surface area (TPSA) is 51.2 Å². The van der Waals surface area contributed by atoms with Gasteiger partial charge in [0.2, 0.25) is 0 Å². The minimum absolute atomic E-state index is 0.0379. The molecule has 0 aliphatic heterocycles. The number of benzene rings is 1. The van der Waals surface area contributed by atoms with Gasteiger partial charge in [0.1, 0.15) is 0 Å². The van der Waals surface area contributed by atoms with Crippen LogP contribution in [0.15, 0.2) is 46.6 Å². The monoisotopic (exact) mass is 334 g/mol. The van der Waals surface area contributed by atoms with Crippen LogP contribution in [0.25, 0.3) is 0 Å². The highest BCUT2D eigenvalue weighted by Gasteiger charge is 2.47. The van der Waals surface area contributed by atoms with Gasteiger partial charge in [0.15, 0.2) is 17.3 Å². The van der Waals surface area contributed by atoms with Gasteiger partial charge in [-0.15, -0.1) is 0 Å². The van der Waals surface area contributed by atoms with Crippen LogP contribution >= 0.6 is 0 Å². The highest BCUT2D eigenvalue weighted by atomic mass is 16.1. The maximum Gasteiger partial charge on any atom is 0.190 e. The summed E-state index contributed by atoms with van der Waals surface area (Å²) in [5, 5.41) is 0. The molecule has 1 unspecified atom stereocenters. The lowest BCUT2D eigenvalue weighted by Gasteiger charge is -2.42. The second kappa shape index (κ2) is 5.35. The molecule has 0 N–H and O–H groups in total. The molecule has 1 aromatic rings. The van der Waals surface area contributed by atoms with Crippen LogP contribution < -0.4 is 0 Å². The SMILES string of the molecule is CC(C)(C)C1C2=C(CCCC2=O)CC2=C1C(=O)c1ccccc1C2=O. The second-order valence-corrected chi connectivity index (χ2v) is 8.37. The number of fused-ring (bicyclic) bond motifs is 1. The standard InChI is InChI=1S/C22H22O3/c1-22(2,3)19-17-12(7-6-10-16(17)23)11-15-18(19)21(25)14-9-5-4-8-13(14)20(15)24/h4-5,8-9,19H,6-7,10-11H2,1-3H3. The highest BCUT2D eigenvalue weighted by Crippen LogP contribution is 2.50. The smallest absolute Gasteiger partial charge is 0.190 e. The number of hydrogen-bond donors (Lipinski definition) is 0. The molecule has 3 nitrogen and oxygen atoms in total. The number of hydrogen-bond acceptors (Lipinski definition) is 3. The van der Waals surface area contributed by atoms with Crippen molar-refractivity contribution < 1.29 is 14.4 Å². The zero-order chi connectivity index (χ0) is 17.9. The minimum atomic E-state index is -0.295. The van der Waals surface area contributed by atoms with E-state index in [9.17, 15) is 14.4 Å². The molecular weight excluding hydrogens is 312 g/mol. The fourth-order valence-electron chi connectivity index (χ4n) is 4.63. The van der Waals surface area contributed by atoms with Crippen LogP contribution in [0.2, 0.25) is 0 Å². The summed E-state index contributed by atoms with van der Waals surface area (Å²) in [4.78, 5) is 39.1. The lowest BCUT2D eigenvalue weighted by atomic mass is 9.60. The van der Waals surface area contributed by atoms with Crippen molar-refractivity contribution in [3.63, 3.8) is 0 Å². The maximum absolute atomic E-state index is 13.3. The van der Waals surface area contributed by atoms with E-state index in [-0.39, 0.29) is 28.7 Å². The van der Waals surface area contributed by atoms with Crippen LogP contribution in [0.5, 0.6) is 0 Å². The Morgan fingerprint density at radius 1 is 0.880 bits per heavy atom. The molecule has 128 valence electrons. The molecule has 3 heteroatoms. The van der Waals surface area contributed by atoms with Crippen LogP contribution in [0, 0.1) is 11.3 Å². The first-order valence-corrected chi connectivity index (χ1v) is 8.97. The fourth-order valence-corrected chi connectivity index (χ4v) is 4.63. The van der Waals surface area contributed by atoms with E-state index in [2.05, 4.69) is 20.8 Å². The van der Waals surface area contributed by atoms with Crippen molar-refractivity contribution in [1.29, 1.82) is 0 Å². The summed E-state index contributed by atoms with van der Waals surface area (Å²) in [7, 11) is 0. The van der Waals surface area contributed by atoms with Crippen molar-refractivity contribution in [2.45, 2.75) is 46.5 Å². The van der Waals surface area contributed by atoms with Gasteiger partial charge < -0.3 is 0 Å². The van der Waals surface area contributed by atoms with Crippen molar-refractivity contribution in [2.24, 2.45) is 11.3 Å². The summed E-state index contributed by atoms with van der Waals surface area (Å²) >= 11 is 0. The summed E-state index contributed by atoms with van der Waals surface area (Å²) in [6.07, 6.45) is 2.71. The van der Waals surface area contributed by atoms with E-state index in [0.717, 1.165) is 24.0 Å². The Morgan fingerprint density at radius 3 is 2.16 bits per heavy atom. The molecule has 0 saturated carbocycles. The largest absolute Gasteiger partial charge is 0.295 e. The first-order valence-electron chi connectivity index (χ1n) is 8.97. The summed E-state index contributed by atoms with van der Waals surface area (Å²) in [6.45, 7) is 6.16. The van der Waals surface area contributed by atoms with E-state index in [1.807, 2.05) is 0 Å². The van der Waals surface area contributed by atoms with E-state index < -0.39 is 0 Å². The number of Topliss-reactive ketones (excluding diaryl/α,β-unsaturated/α-hetero) is 3. The van der Waals surface area contributed by atoms with Crippen molar-refractivity contribution in [3.05, 3.63) is 57.7 Å². The van der Waals surface area contributed by atoms with E-state index in [0.29, 0.717) is 35.1 Å². The van der Waals surface area contributed by atoms with Crippen molar-refractivity contribution in [3.8, 4) is 0 Å². The van der Waals surface area contributed by atoms with Gasteiger partial charge in [-0.1, -0.05) is 50.6 Å². The Hall–Kier alpha value is -2.29. The molecule has 3 aliphatic carbocycles. The molecule has 0 amide bonds. The fraction of sp³-hybridized carbons (Fsp3) is 0.409. The molecule has 0 radical (unpaired) electrons. The van der Waals surface area contributed by atoms with E-state index in [1.165, 1.54) is 0 Å². The van der Waals surface area contributed by atoms with Gasteiger partial charge in [-0.2, -0.15) is 0 Å². The summed E-state index contributed by atoms with van der Waals surface area (Å²) in [5.41, 5.74) is 3.78. The third kappa shape index (κ3) is 2.29. The Morgan fingerprint density at radius 2 is 1.52 bits per heavy atom. The molecule has 4 rings (SSSR count). The molecule has 3 aliphatic rings. The normalized spacial score (nSPS) is 23.5. The van der Waals surface area contributed by atoms with Crippen molar-refractivity contribution >= 4 is 17.3 Å². The van der Waals surface area contributed by atoms with Gasteiger partial charge in [-0.05, 0) is 24.7 Å². The first-order chi connectivity index (χ1) is 11.8. The Kier molecular flexibility index (Phi) is 3.47. The molecule has 0 aromatic heterocycles. The highest BCUT2D eigenvalue weighted by molar-refractivity contribution is 6.28. The molecule has 0 spiro atoms. The maximum atomic E-state index is 13.3.